The van der Waals surface area contributed by atoms with Crippen molar-refractivity contribution in [1.29, 1.82) is 0 Å². The van der Waals surface area contributed by atoms with Crippen molar-refractivity contribution in [3.05, 3.63) is 46.8 Å². The van der Waals surface area contributed by atoms with Gasteiger partial charge < -0.3 is 5.32 Å². The molecule has 1 N–H and O–H groups in total. The van der Waals surface area contributed by atoms with Crippen molar-refractivity contribution in [3.8, 4) is 5.69 Å². The topological polar surface area (TPSA) is 29.9 Å². The Morgan fingerprint density at radius 1 is 1.15 bits per heavy atom. The first-order valence-corrected chi connectivity index (χ1v) is 7.14. The standard InChI is InChI=1S/C17H25N3/c1-12-7-8-13(2)16(9-12)20-14(3)15(11-19-20)10-18-17(4,5)6/h7-9,11,18H,10H2,1-6H3. The molecule has 0 aliphatic heterocycles. The average molecular weight is 271 g/mol. The van der Waals surface area contributed by atoms with Crippen LogP contribution in [0.25, 0.3) is 5.69 Å². The Labute approximate surface area is 122 Å². The van der Waals surface area contributed by atoms with Crippen LogP contribution < -0.4 is 5.32 Å². The minimum atomic E-state index is 0.119. The predicted octanol–water partition coefficient (Wildman–Crippen LogP) is 3.69. The number of hydrogen-bond acceptors (Lipinski definition) is 2. The van der Waals surface area contributed by atoms with Crippen LogP contribution in [-0.2, 0) is 6.54 Å². The molecular weight excluding hydrogens is 246 g/mol. The van der Waals surface area contributed by atoms with E-state index < -0.39 is 0 Å². The van der Waals surface area contributed by atoms with Crippen molar-refractivity contribution in [1.82, 2.24) is 15.1 Å². The van der Waals surface area contributed by atoms with Gasteiger partial charge in [-0.25, -0.2) is 4.68 Å². The van der Waals surface area contributed by atoms with Gasteiger partial charge in [-0.1, -0.05) is 12.1 Å². The zero-order chi connectivity index (χ0) is 14.9. The number of hydrogen-bond donors (Lipinski definition) is 1. The van der Waals surface area contributed by atoms with Gasteiger partial charge in [-0.05, 0) is 58.7 Å². The summed E-state index contributed by atoms with van der Waals surface area (Å²) >= 11 is 0. The molecule has 0 aliphatic carbocycles. The van der Waals surface area contributed by atoms with Crippen LogP contribution in [0.2, 0.25) is 0 Å². The minimum absolute atomic E-state index is 0.119. The van der Waals surface area contributed by atoms with E-state index in [1.165, 1.54) is 28.1 Å². The Hall–Kier alpha value is -1.61. The third kappa shape index (κ3) is 3.28. The monoisotopic (exact) mass is 271 g/mol. The molecule has 0 aliphatic rings. The predicted molar refractivity (Wildman–Crippen MR) is 84.4 cm³/mol. The van der Waals surface area contributed by atoms with E-state index >= 15 is 0 Å². The molecule has 2 aromatic rings. The van der Waals surface area contributed by atoms with Gasteiger partial charge in [0.1, 0.15) is 0 Å². The number of aromatic nitrogens is 2. The molecule has 0 saturated heterocycles. The molecule has 0 amide bonds. The molecule has 108 valence electrons. The van der Waals surface area contributed by atoms with E-state index in [-0.39, 0.29) is 5.54 Å². The largest absolute Gasteiger partial charge is 0.308 e. The lowest BCUT2D eigenvalue weighted by Gasteiger charge is -2.20. The highest BCUT2D eigenvalue weighted by Gasteiger charge is 2.13. The van der Waals surface area contributed by atoms with E-state index in [2.05, 4.69) is 70.2 Å². The second kappa shape index (κ2) is 5.41. The van der Waals surface area contributed by atoms with Gasteiger partial charge in [-0.2, -0.15) is 5.10 Å². The summed E-state index contributed by atoms with van der Waals surface area (Å²) in [5, 5.41) is 8.08. The summed E-state index contributed by atoms with van der Waals surface area (Å²) in [6.07, 6.45) is 1.97. The zero-order valence-electron chi connectivity index (χ0n) is 13.4. The van der Waals surface area contributed by atoms with Crippen LogP contribution in [0.4, 0.5) is 0 Å². The number of nitrogens with one attached hydrogen (secondary N) is 1. The minimum Gasteiger partial charge on any atom is -0.308 e. The van der Waals surface area contributed by atoms with E-state index in [9.17, 15) is 0 Å². The summed E-state index contributed by atoms with van der Waals surface area (Å²) in [4.78, 5) is 0. The van der Waals surface area contributed by atoms with Gasteiger partial charge in [0.2, 0.25) is 0 Å². The third-order valence-electron chi connectivity index (χ3n) is 3.51. The Bertz CT molecular complexity index is 603. The van der Waals surface area contributed by atoms with Crippen LogP contribution in [0.15, 0.2) is 24.4 Å². The zero-order valence-corrected chi connectivity index (χ0v) is 13.4. The number of aryl methyl sites for hydroxylation is 2. The smallest absolute Gasteiger partial charge is 0.0680 e. The lowest BCUT2D eigenvalue weighted by atomic mass is 10.1. The molecule has 0 spiro atoms. The van der Waals surface area contributed by atoms with Crippen molar-refractivity contribution >= 4 is 0 Å². The fourth-order valence-electron chi connectivity index (χ4n) is 2.17. The van der Waals surface area contributed by atoms with E-state index in [0.29, 0.717) is 0 Å². The summed E-state index contributed by atoms with van der Waals surface area (Å²) in [6, 6.07) is 6.48. The summed E-state index contributed by atoms with van der Waals surface area (Å²) in [7, 11) is 0. The van der Waals surface area contributed by atoms with Gasteiger partial charge in [0, 0.05) is 23.3 Å². The molecule has 0 bridgehead atoms. The van der Waals surface area contributed by atoms with Crippen molar-refractivity contribution < 1.29 is 0 Å². The Morgan fingerprint density at radius 2 is 1.85 bits per heavy atom. The summed E-state index contributed by atoms with van der Waals surface area (Å²) < 4.78 is 2.04. The van der Waals surface area contributed by atoms with Gasteiger partial charge in [-0.15, -0.1) is 0 Å². The molecule has 0 saturated carbocycles. The molecule has 3 heteroatoms. The highest BCUT2D eigenvalue weighted by atomic mass is 15.3. The van der Waals surface area contributed by atoms with Crippen molar-refractivity contribution in [2.24, 2.45) is 0 Å². The Morgan fingerprint density at radius 3 is 2.50 bits per heavy atom. The maximum atomic E-state index is 4.57. The third-order valence-corrected chi connectivity index (χ3v) is 3.51. The van der Waals surface area contributed by atoms with E-state index in [0.717, 1.165) is 6.54 Å². The van der Waals surface area contributed by atoms with Crippen molar-refractivity contribution in [2.45, 2.75) is 53.6 Å². The van der Waals surface area contributed by atoms with Gasteiger partial charge in [0.05, 0.1) is 11.9 Å². The molecule has 20 heavy (non-hydrogen) atoms. The van der Waals surface area contributed by atoms with Crippen LogP contribution in [0, 0.1) is 20.8 Å². The van der Waals surface area contributed by atoms with E-state index in [1.807, 2.05) is 10.9 Å². The fraction of sp³-hybridized carbons (Fsp3) is 0.471. The Balaban J connectivity index is 2.31. The van der Waals surface area contributed by atoms with Crippen LogP contribution in [0.3, 0.4) is 0 Å². The normalized spacial score (nSPS) is 11.9. The van der Waals surface area contributed by atoms with Gasteiger partial charge >= 0.3 is 0 Å². The number of rotatable bonds is 3. The first-order valence-electron chi connectivity index (χ1n) is 7.14. The Kier molecular flexibility index (Phi) is 4.00. The van der Waals surface area contributed by atoms with Gasteiger partial charge in [0.15, 0.2) is 0 Å². The van der Waals surface area contributed by atoms with Gasteiger partial charge in [-0.3, -0.25) is 0 Å². The molecule has 0 unspecified atom stereocenters. The van der Waals surface area contributed by atoms with Crippen LogP contribution in [0.5, 0.6) is 0 Å². The lowest BCUT2D eigenvalue weighted by molar-refractivity contribution is 0.424. The second-order valence-corrected chi connectivity index (χ2v) is 6.56. The lowest BCUT2D eigenvalue weighted by Crippen LogP contribution is -2.35. The molecular formula is C17H25N3. The summed E-state index contributed by atoms with van der Waals surface area (Å²) in [5.41, 5.74) is 6.25. The fourth-order valence-corrected chi connectivity index (χ4v) is 2.17. The van der Waals surface area contributed by atoms with Gasteiger partial charge in [0.25, 0.3) is 0 Å². The van der Waals surface area contributed by atoms with E-state index in [4.69, 9.17) is 0 Å². The van der Waals surface area contributed by atoms with E-state index in [1.54, 1.807) is 0 Å². The number of benzene rings is 1. The summed E-state index contributed by atoms with van der Waals surface area (Å²) in [5.74, 6) is 0. The molecule has 0 radical (unpaired) electrons. The molecule has 0 atom stereocenters. The SMILES string of the molecule is Cc1ccc(C)c(-n2ncc(CNC(C)(C)C)c2C)c1. The quantitative estimate of drug-likeness (QED) is 0.922. The van der Waals surface area contributed by atoms with Crippen molar-refractivity contribution in [3.63, 3.8) is 0 Å². The summed E-state index contributed by atoms with van der Waals surface area (Å²) in [6.45, 7) is 13.8. The molecule has 1 aromatic carbocycles. The highest BCUT2D eigenvalue weighted by molar-refractivity contribution is 5.44. The maximum absolute atomic E-state index is 4.57. The second-order valence-electron chi connectivity index (χ2n) is 6.56. The molecule has 0 fully saturated rings. The maximum Gasteiger partial charge on any atom is 0.0680 e. The average Bonchev–Trinajstić information content (AvgIpc) is 2.70. The van der Waals surface area contributed by atoms with Crippen LogP contribution in [0.1, 0.15) is 43.2 Å². The van der Waals surface area contributed by atoms with Crippen LogP contribution in [-0.4, -0.2) is 15.3 Å². The number of nitrogens with zero attached hydrogens (tertiary/aromatic N) is 2. The van der Waals surface area contributed by atoms with Crippen LogP contribution >= 0.6 is 0 Å². The first kappa shape index (κ1) is 14.8. The first-order chi connectivity index (χ1) is 9.28. The molecule has 1 aromatic heterocycles. The van der Waals surface area contributed by atoms with Crippen molar-refractivity contribution in [2.75, 3.05) is 0 Å². The molecule has 1 heterocycles. The highest BCUT2D eigenvalue weighted by Crippen LogP contribution is 2.19. The molecule has 3 nitrogen and oxygen atoms in total. The molecule has 2 rings (SSSR count).